The van der Waals surface area contributed by atoms with Crippen LogP contribution in [0, 0.1) is 17.8 Å². The number of anilines is 1. The minimum Gasteiger partial charge on any atom is -0.390 e. The molecule has 9 heteroatoms. The molecule has 2 atom stereocenters. The Morgan fingerprint density at radius 1 is 1.06 bits per heavy atom. The minimum absolute atomic E-state index is 0.0429. The van der Waals surface area contributed by atoms with Crippen molar-refractivity contribution in [2.75, 3.05) is 16.8 Å². The molecule has 8 nitrogen and oxygen atoms in total. The van der Waals surface area contributed by atoms with Crippen molar-refractivity contribution in [2.45, 2.75) is 87.8 Å². The van der Waals surface area contributed by atoms with Crippen molar-refractivity contribution in [2.24, 2.45) is 17.8 Å². The van der Waals surface area contributed by atoms with Gasteiger partial charge in [-0.1, -0.05) is 6.42 Å². The maximum Gasteiger partial charge on any atom is 0.254 e. The van der Waals surface area contributed by atoms with Gasteiger partial charge in [-0.25, -0.2) is 18.4 Å². The highest BCUT2D eigenvalue weighted by Gasteiger charge is 2.55. The molecule has 180 valence electrons. The molecule has 6 fully saturated rings. The number of hydrogen-bond acceptors (Lipinski definition) is 7. The molecule has 33 heavy (non-hydrogen) atoms. The van der Waals surface area contributed by atoms with E-state index in [9.17, 15) is 18.3 Å². The van der Waals surface area contributed by atoms with Crippen molar-refractivity contribution in [1.82, 2.24) is 15.3 Å². The summed E-state index contributed by atoms with van der Waals surface area (Å²) < 4.78 is 23.4. The summed E-state index contributed by atoms with van der Waals surface area (Å²) in [6.07, 6.45) is 10.7. The summed E-state index contributed by atoms with van der Waals surface area (Å²) in [4.78, 5) is 22.6. The summed E-state index contributed by atoms with van der Waals surface area (Å²) in [6, 6.07) is 0.173. The van der Waals surface area contributed by atoms with E-state index in [0.717, 1.165) is 57.1 Å². The largest absolute Gasteiger partial charge is 0.390 e. The summed E-state index contributed by atoms with van der Waals surface area (Å²) in [5.74, 6) is 2.41. The summed E-state index contributed by atoms with van der Waals surface area (Å²) in [6.45, 7) is 0. The van der Waals surface area contributed by atoms with E-state index in [1.54, 1.807) is 6.20 Å². The lowest BCUT2D eigenvalue weighted by Gasteiger charge is -2.58. The van der Waals surface area contributed by atoms with Crippen LogP contribution in [0.1, 0.15) is 86.2 Å². The summed E-state index contributed by atoms with van der Waals surface area (Å²) >= 11 is 0. The number of nitrogens with zero attached hydrogens (tertiary/aromatic N) is 2. The number of carbonyl (C=O) groups excluding carboxylic acids is 1. The van der Waals surface area contributed by atoms with Crippen LogP contribution in [0.25, 0.3) is 0 Å². The zero-order chi connectivity index (χ0) is 22.8. The molecule has 1 aliphatic heterocycles. The Hall–Kier alpha value is -1.74. The van der Waals surface area contributed by atoms with Gasteiger partial charge in [0.2, 0.25) is 5.95 Å². The van der Waals surface area contributed by atoms with E-state index < -0.39 is 15.4 Å². The predicted molar refractivity (Wildman–Crippen MR) is 124 cm³/mol. The van der Waals surface area contributed by atoms with Gasteiger partial charge in [0.15, 0.2) is 0 Å². The summed E-state index contributed by atoms with van der Waals surface area (Å²) in [5.41, 5.74) is 0.884. The molecule has 5 saturated carbocycles. The SMILES string of the molecule is O=C(N[C@H]1C2CC3CC1C[C@@](O)(C3)C2)c1cnc(NC2CCS(=O)(=O)CC2)nc1C1CCC1. The fourth-order valence-corrected chi connectivity index (χ4v) is 8.79. The standard InChI is InChI=1S/C24H34N4O4S/c29-22(27-20-16-8-14-9-17(20)12-24(30,10-14)11-16)19-13-25-23(28-21(19)15-2-1-3-15)26-18-4-6-33(31,32)7-5-18/h13-18,20,30H,1-12H2,(H,27,29)(H,25,26,28)/t14?,16?,17?,20-,24+. The van der Waals surface area contributed by atoms with Crippen molar-refractivity contribution in [3.05, 3.63) is 17.5 Å². The topological polar surface area (TPSA) is 121 Å². The maximum atomic E-state index is 13.4. The molecule has 2 unspecified atom stereocenters. The van der Waals surface area contributed by atoms with Crippen molar-refractivity contribution < 1.29 is 18.3 Å². The highest BCUT2D eigenvalue weighted by Crippen LogP contribution is 2.55. The van der Waals surface area contributed by atoms with Gasteiger partial charge in [-0.15, -0.1) is 0 Å². The molecule has 4 bridgehead atoms. The highest BCUT2D eigenvalue weighted by atomic mass is 32.2. The van der Waals surface area contributed by atoms with Gasteiger partial charge in [-0.3, -0.25) is 4.79 Å². The average molecular weight is 475 g/mol. The molecule has 0 aromatic carbocycles. The quantitative estimate of drug-likeness (QED) is 0.599. The van der Waals surface area contributed by atoms with Gasteiger partial charge >= 0.3 is 0 Å². The molecule has 7 rings (SSSR count). The lowest BCUT2D eigenvalue weighted by atomic mass is 9.52. The second kappa shape index (κ2) is 7.90. The maximum absolute atomic E-state index is 13.4. The van der Waals surface area contributed by atoms with Crippen LogP contribution >= 0.6 is 0 Å². The number of rotatable bonds is 5. The Labute approximate surface area is 195 Å². The Morgan fingerprint density at radius 3 is 2.36 bits per heavy atom. The Bertz CT molecular complexity index is 1030. The van der Waals surface area contributed by atoms with Gasteiger partial charge in [-0.05, 0) is 75.5 Å². The van der Waals surface area contributed by atoms with E-state index in [1.165, 1.54) is 0 Å². The fraction of sp³-hybridized carbons (Fsp3) is 0.792. The van der Waals surface area contributed by atoms with E-state index in [1.807, 2.05) is 0 Å². The van der Waals surface area contributed by atoms with Crippen molar-refractivity contribution in [3.8, 4) is 0 Å². The van der Waals surface area contributed by atoms with Crippen molar-refractivity contribution in [3.63, 3.8) is 0 Å². The third-order valence-corrected chi connectivity index (χ3v) is 10.7. The Balaban J connectivity index is 1.18. The van der Waals surface area contributed by atoms with Crippen LogP contribution in [0.2, 0.25) is 0 Å². The van der Waals surface area contributed by atoms with Crippen LogP contribution in [0.4, 0.5) is 5.95 Å². The Morgan fingerprint density at radius 2 is 1.76 bits per heavy atom. The molecule has 1 aromatic heterocycles. The number of carbonyl (C=O) groups is 1. The molecule has 6 aliphatic rings. The molecular formula is C24H34N4O4S. The molecule has 1 amide bonds. The van der Waals surface area contributed by atoms with Crippen LogP contribution in [0.3, 0.4) is 0 Å². The highest BCUT2D eigenvalue weighted by molar-refractivity contribution is 7.91. The van der Waals surface area contributed by atoms with Gasteiger partial charge < -0.3 is 15.7 Å². The summed E-state index contributed by atoms with van der Waals surface area (Å²) in [7, 11) is -2.92. The van der Waals surface area contributed by atoms with Crippen LogP contribution in [-0.2, 0) is 9.84 Å². The number of amides is 1. The molecule has 1 saturated heterocycles. The second-order valence-electron chi connectivity index (χ2n) is 11.4. The first-order chi connectivity index (χ1) is 15.8. The Kier molecular flexibility index (Phi) is 5.21. The number of hydrogen-bond donors (Lipinski definition) is 3. The van der Waals surface area contributed by atoms with E-state index >= 15 is 0 Å². The lowest BCUT2D eigenvalue weighted by molar-refractivity contribution is -0.136. The van der Waals surface area contributed by atoms with E-state index in [-0.39, 0.29) is 35.4 Å². The van der Waals surface area contributed by atoms with Crippen LogP contribution in [0.5, 0.6) is 0 Å². The molecule has 2 heterocycles. The number of nitrogens with one attached hydrogen (secondary N) is 2. The van der Waals surface area contributed by atoms with Gasteiger partial charge in [-0.2, -0.15) is 0 Å². The predicted octanol–water partition coefficient (Wildman–Crippen LogP) is 2.40. The smallest absolute Gasteiger partial charge is 0.254 e. The fourth-order valence-electron chi connectivity index (χ4n) is 7.30. The van der Waals surface area contributed by atoms with E-state index in [2.05, 4.69) is 15.6 Å². The minimum atomic E-state index is -2.92. The van der Waals surface area contributed by atoms with Crippen molar-refractivity contribution >= 4 is 21.7 Å². The first kappa shape index (κ1) is 21.8. The van der Waals surface area contributed by atoms with E-state index in [0.29, 0.717) is 42.1 Å². The number of aromatic nitrogens is 2. The molecule has 3 N–H and O–H groups in total. The van der Waals surface area contributed by atoms with Gasteiger partial charge in [0.1, 0.15) is 9.84 Å². The van der Waals surface area contributed by atoms with Gasteiger partial charge in [0.25, 0.3) is 5.91 Å². The molecule has 5 aliphatic carbocycles. The van der Waals surface area contributed by atoms with E-state index in [4.69, 9.17) is 4.98 Å². The third kappa shape index (κ3) is 4.16. The van der Waals surface area contributed by atoms with Crippen LogP contribution < -0.4 is 10.6 Å². The van der Waals surface area contributed by atoms with Crippen molar-refractivity contribution in [1.29, 1.82) is 0 Å². The normalized spacial score (nSPS) is 37.5. The molecule has 0 spiro atoms. The zero-order valence-electron chi connectivity index (χ0n) is 19.0. The third-order valence-electron chi connectivity index (χ3n) is 8.98. The number of sulfone groups is 1. The number of aliphatic hydroxyl groups is 1. The first-order valence-electron chi connectivity index (χ1n) is 12.6. The molecule has 0 radical (unpaired) electrons. The molecular weight excluding hydrogens is 440 g/mol. The second-order valence-corrected chi connectivity index (χ2v) is 13.7. The van der Waals surface area contributed by atoms with Gasteiger partial charge in [0.05, 0.1) is 28.4 Å². The summed E-state index contributed by atoms with van der Waals surface area (Å²) in [5, 5.41) is 17.5. The monoisotopic (exact) mass is 474 g/mol. The average Bonchev–Trinajstić information content (AvgIpc) is 2.70. The van der Waals surface area contributed by atoms with Gasteiger partial charge in [0, 0.05) is 24.2 Å². The lowest BCUT2D eigenvalue weighted by Crippen LogP contribution is -2.61. The first-order valence-corrected chi connectivity index (χ1v) is 14.5. The zero-order valence-corrected chi connectivity index (χ0v) is 19.8. The molecule has 1 aromatic rings. The van der Waals surface area contributed by atoms with Crippen LogP contribution in [0.15, 0.2) is 6.20 Å². The van der Waals surface area contributed by atoms with Crippen LogP contribution in [-0.4, -0.2) is 58.6 Å².